The Kier molecular flexibility index (Phi) is 1.84. The standard InChI is InChI=1S/C10H7F2NO/c1-6-2-3-7-9(13(6)14)5-4-8(11)10(7)12/h2-5H,1H3. The Labute approximate surface area is 79.0 Å². The van der Waals surface area contributed by atoms with Crippen LogP contribution in [0, 0.1) is 23.8 Å². The van der Waals surface area contributed by atoms with Crippen molar-refractivity contribution in [2.45, 2.75) is 6.92 Å². The molecule has 0 saturated heterocycles. The molecule has 0 bridgehead atoms. The molecule has 0 N–H and O–H groups in total. The van der Waals surface area contributed by atoms with Crippen LogP contribution < -0.4 is 4.73 Å². The summed E-state index contributed by atoms with van der Waals surface area (Å²) in [7, 11) is 0. The summed E-state index contributed by atoms with van der Waals surface area (Å²) in [6.07, 6.45) is 0. The van der Waals surface area contributed by atoms with Gasteiger partial charge in [0.15, 0.2) is 17.3 Å². The van der Waals surface area contributed by atoms with Crippen molar-refractivity contribution in [2.24, 2.45) is 0 Å². The third-order valence-corrected chi connectivity index (χ3v) is 2.14. The van der Waals surface area contributed by atoms with Crippen LogP contribution in [0.2, 0.25) is 0 Å². The predicted octanol–water partition coefficient (Wildman–Crippen LogP) is 2.06. The molecule has 0 saturated carbocycles. The molecule has 4 heteroatoms. The number of aromatic nitrogens is 1. The molecule has 0 aliphatic rings. The van der Waals surface area contributed by atoms with Crippen LogP contribution in [0.15, 0.2) is 24.3 Å². The van der Waals surface area contributed by atoms with Gasteiger partial charge in [0.2, 0.25) is 5.52 Å². The van der Waals surface area contributed by atoms with Gasteiger partial charge in [-0.1, -0.05) is 0 Å². The molecule has 0 radical (unpaired) electrons. The zero-order valence-electron chi connectivity index (χ0n) is 7.42. The second kappa shape index (κ2) is 2.90. The summed E-state index contributed by atoms with van der Waals surface area (Å²) < 4.78 is 26.6. The maximum atomic E-state index is 13.2. The van der Waals surface area contributed by atoms with E-state index in [1.54, 1.807) is 6.92 Å². The normalized spacial score (nSPS) is 10.8. The van der Waals surface area contributed by atoms with Crippen molar-refractivity contribution in [3.05, 3.63) is 46.8 Å². The maximum absolute atomic E-state index is 13.2. The highest BCUT2D eigenvalue weighted by Crippen LogP contribution is 2.17. The predicted molar refractivity (Wildman–Crippen MR) is 47.6 cm³/mol. The van der Waals surface area contributed by atoms with Crippen LogP contribution in [0.25, 0.3) is 10.9 Å². The van der Waals surface area contributed by atoms with Gasteiger partial charge in [0, 0.05) is 19.1 Å². The number of pyridine rings is 1. The van der Waals surface area contributed by atoms with Gasteiger partial charge in [0.05, 0.1) is 5.39 Å². The highest BCUT2D eigenvalue weighted by atomic mass is 19.2. The molecule has 0 amide bonds. The molecule has 0 aliphatic heterocycles. The quantitative estimate of drug-likeness (QED) is 0.467. The van der Waals surface area contributed by atoms with E-state index in [0.29, 0.717) is 10.4 Å². The van der Waals surface area contributed by atoms with Crippen molar-refractivity contribution in [3.8, 4) is 0 Å². The highest BCUT2D eigenvalue weighted by molar-refractivity contribution is 5.76. The molecule has 0 unspecified atom stereocenters. The van der Waals surface area contributed by atoms with Crippen LogP contribution in [0.1, 0.15) is 5.69 Å². The second-order valence-electron chi connectivity index (χ2n) is 3.06. The Hall–Kier alpha value is -1.71. The van der Waals surface area contributed by atoms with E-state index in [-0.39, 0.29) is 10.9 Å². The van der Waals surface area contributed by atoms with E-state index < -0.39 is 11.6 Å². The van der Waals surface area contributed by atoms with Gasteiger partial charge in [0.25, 0.3) is 0 Å². The number of fused-ring (bicyclic) bond motifs is 1. The van der Waals surface area contributed by atoms with Gasteiger partial charge in [-0.15, -0.1) is 0 Å². The first-order valence-electron chi connectivity index (χ1n) is 4.08. The van der Waals surface area contributed by atoms with Crippen molar-refractivity contribution in [1.29, 1.82) is 0 Å². The van der Waals surface area contributed by atoms with Gasteiger partial charge in [-0.25, -0.2) is 8.78 Å². The van der Waals surface area contributed by atoms with Crippen LogP contribution >= 0.6 is 0 Å². The molecule has 1 heterocycles. The van der Waals surface area contributed by atoms with Crippen LogP contribution in [-0.4, -0.2) is 0 Å². The summed E-state index contributed by atoms with van der Waals surface area (Å²) in [6, 6.07) is 5.08. The number of halogens is 2. The Morgan fingerprint density at radius 3 is 2.57 bits per heavy atom. The maximum Gasteiger partial charge on any atom is 0.227 e. The first-order valence-corrected chi connectivity index (χ1v) is 4.08. The lowest BCUT2D eigenvalue weighted by Gasteiger charge is -2.04. The van der Waals surface area contributed by atoms with E-state index in [1.807, 2.05) is 0 Å². The van der Waals surface area contributed by atoms with E-state index in [1.165, 1.54) is 18.2 Å². The van der Waals surface area contributed by atoms with Crippen molar-refractivity contribution in [3.63, 3.8) is 0 Å². The Balaban J connectivity index is 2.94. The average Bonchev–Trinajstić information content (AvgIpc) is 2.17. The van der Waals surface area contributed by atoms with Gasteiger partial charge in [-0.3, -0.25) is 0 Å². The summed E-state index contributed by atoms with van der Waals surface area (Å²) in [5.41, 5.74) is 0.590. The smallest absolute Gasteiger partial charge is 0.227 e. The molecule has 2 rings (SSSR count). The van der Waals surface area contributed by atoms with E-state index in [9.17, 15) is 14.0 Å². The first kappa shape index (κ1) is 8.87. The summed E-state index contributed by atoms with van der Waals surface area (Å²) in [5.74, 6) is -1.92. The third kappa shape index (κ3) is 1.11. The van der Waals surface area contributed by atoms with Crippen molar-refractivity contribution < 1.29 is 13.5 Å². The molecular formula is C10H7F2NO. The largest absolute Gasteiger partial charge is 0.618 e. The van der Waals surface area contributed by atoms with E-state index >= 15 is 0 Å². The topological polar surface area (TPSA) is 26.9 Å². The molecule has 2 aromatic rings. The van der Waals surface area contributed by atoms with Gasteiger partial charge < -0.3 is 5.21 Å². The lowest BCUT2D eigenvalue weighted by atomic mass is 10.2. The fourth-order valence-corrected chi connectivity index (χ4v) is 1.35. The Bertz CT molecular complexity index is 464. The molecule has 2 nitrogen and oxygen atoms in total. The van der Waals surface area contributed by atoms with E-state index in [2.05, 4.69) is 0 Å². The molecule has 1 aromatic carbocycles. The monoisotopic (exact) mass is 195 g/mol. The zero-order valence-corrected chi connectivity index (χ0v) is 7.42. The lowest BCUT2D eigenvalue weighted by molar-refractivity contribution is -0.584. The minimum atomic E-state index is -0.980. The molecule has 0 spiro atoms. The van der Waals surface area contributed by atoms with Gasteiger partial charge in [-0.2, -0.15) is 4.73 Å². The first-order chi connectivity index (χ1) is 6.61. The highest BCUT2D eigenvalue weighted by Gasteiger charge is 2.13. The molecule has 0 atom stereocenters. The number of rotatable bonds is 0. The molecule has 72 valence electrons. The van der Waals surface area contributed by atoms with Crippen molar-refractivity contribution >= 4 is 10.9 Å². The average molecular weight is 195 g/mol. The fraction of sp³-hybridized carbons (Fsp3) is 0.100. The summed E-state index contributed by atoms with van der Waals surface area (Å²) >= 11 is 0. The van der Waals surface area contributed by atoms with Crippen molar-refractivity contribution in [1.82, 2.24) is 0 Å². The Morgan fingerprint density at radius 2 is 1.86 bits per heavy atom. The zero-order chi connectivity index (χ0) is 10.3. The molecule has 14 heavy (non-hydrogen) atoms. The number of benzene rings is 1. The van der Waals surface area contributed by atoms with E-state index in [4.69, 9.17) is 0 Å². The number of hydrogen-bond donors (Lipinski definition) is 0. The molecule has 0 aliphatic carbocycles. The van der Waals surface area contributed by atoms with Crippen LogP contribution in [-0.2, 0) is 0 Å². The summed E-state index contributed by atoms with van der Waals surface area (Å²) in [6.45, 7) is 1.60. The van der Waals surface area contributed by atoms with Gasteiger partial charge >= 0.3 is 0 Å². The van der Waals surface area contributed by atoms with Crippen LogP contribution in [0.3, 0.4) is 0 Å². The lowest BCUT2D eigenvalue weighted by Crippen LogP contribution is -2.30. The SMILES string of the molecule is Cc1ccc2c(F)c(F)ccc2[n+]1[O-]. The minimum Gasteiger partial charge on any atom is -0.618 e. The number of hydrogen-bond acceptors (Lipinski definition) is 1. The number of aryl methyl sites for hydroxylation is 1. The molecular weight excluding hydrogens is 188 g/mol. The van der Waals surface area contributed by atoms with Crippen LogP contribution in [0.5, 0.6) is 0 Å². The minimum absolute atomic E-state index is 0.00519. The summed E-state index contributed by atoms with van der Waals surface area (Å²) in [4.78, 5) is 0. The van der Waals surface area contributed by atoms with Gasteiger partial charge in [0.1, 0.15) is 0 Å². The summed E-state index contributed by atoms with van der Waals surface area (Å²) in [5, 5.41) is 11.4. The van der Waals surface area contributed by atoms with Crippen molar-refractivity contribution in [2.75, 3.05) is 0 Å². The van der Waals surface area contributed by atoms with Gasteiger partial charge in [-0.05, 0) is 12.1 Å². The second-order valence-corrected chi connectivity index (χ2v) is 3.06. The van der Waals surface area contributed by atoms with Crippen LogP contribution in [0.4, 0.5) is 8.78 Å². The third-order valence-electron chi connectivity index (χ3n) is 2.14. The fourth-order valence-electron chi connectivity index (χ4n) is 1.35. The van der Waals surface area contributed by atoms with E-state index in [0.717, 1.165) is 6.07 Å². The number of nitrogens with zero attached hydrogens (tertiary/aromatic N) is 1. The molecule has 0 fully saturated rings. The Morgan fingerprint density at radius 1 is 1.14 bits per heavy atom. The molecule has 1 aromatic heterocycles.